The molecular formula is C17H25NO2. The van der Waals surface area contributed by atoms with Crippen molar-refractivity contribution in [2.45, 2.75) is 44.9 Å². The predicted octanol–water partition coefficient (Wildman–Crippen LogP) is 2.68. The molecule has 0 aromatic heterocycles. The van der Waals surface area contributed by atoms with Crippen LogP contribution in [0.5, 0.6) is 0 Å². The molecule has 0 unspecified atom stereocenters. The largest absolute Gasteiger partial charge is 0.381 e. The standard InChI is InChI=1S/C17H25NO2/c1-13-6-14(2)8-15(7-13)10-18-11-17(12-18)9-16(19-3)4-5-20-17/h6-8,16H,4-5,9-12H2,1-3H3/t16-/m1/s1. The molecule has 1 atom stereocenters. The van der Waals surface area contributed by atoms with Crippen LogP contribution in [0.3, 0.4) is 0 Å². The van der Waals surface area contributed by atoms with Gasteiger partial charge in [-0.1, -0.05) is 29.3 Å². The average Bonchev–Trinajstić information content (AvgIpc) is 2.36. The molecule has 3 heteroatoms. The second-order valence-electron chi connectivity index (χ2n) is 6.52. The summed E-state index contributed by atoms with van der Waals surface area (Å²) in [7, 11) is 1.82. The summed E-state index contributed by atoms with van der Waals surface area (Å²) in [5, 5.41) is 0. The summed E-state index contributed by atoms with van der Waals surface area (Å²) < 4.78 is 11.5. The second-order valence-corrected chi connectivity index (χ2v) is 6.52. The van der Waals surface area contributed by atoms with Gasteiger partial charge in [0, 0.05) is 39.8 Å². The fourth-order valence-electron chi connectivity index (χ4n) is 3.70. The Labute approximate surface area is 121 Å². The van der Waals surface area contributed by atoms with E-state index in [-0.39, 0.29) is 5.60 Å². The Morgan fingerprint density at radius 1 is 1.25 bits per heavy atom. The molecule has 3 rings (SSSR count). The Hall–Kier alpha value is -0.900. The number of aryl methyl sites for hydroxylation is 2. The first-order valence-electron chi connectivity index (χ1n) is 7.55. The van der Waals surface area contributed by atoms with E-state index < -0.39 is 0 Å². The third-order valence-corrected chi connectivity index (χ3v) is 4.49. The number of rotatable bonds is 3. The molecule has 3 nitrogen and oxygen atoms in total. The smallest absolute Gasteiger partial charge is 0.0959 e. The summed E-state index contributed by atoms with van der Waals surface area (Å²) in [6.07, 6.45) is 2.47. The quantitative estimate of drug-likeness (QED) is 0.846. The lowest BCUT2D eigenvalue weighted by molar-refractivity contribution is -0.195. The van der Waals surface area contributed by atoms with Crippen LogP contribution in [0.1, 0.15) is 29.5 Å². The minimum Gasteiger partial charge on any atom is -0.381 e. The van der Waals surface area contributed by atoms with Crippen LogP contribution < -0.4 is 0 Å². The normalized spacial score (nSPS) is 25.6. The molecule has 0 amide bonds. The SMILES string of the molecule is CO[C@@H]1CCOC2(C1)CN(Cc1cc(C)cc(C)c1)C2. The van der Waals surface area contributed by atoms with Crippen LogP contribution in [0.4, 0.5) is 0 Å². The Bertz CT molecular complexity index is 460. The highest BCUT2D eigenvalue weighted by molar-refractivity contribution is 5.28. The van der Waals surface area contributed by atoms with Gasteiger partial charge in [-0.3, -0.25) is 4.90 Å². The number of hydrogen-bond acceptors (Lipinski definition) is 3. The highest BCUT2D eigenvalue weighted by atomic mass is 16.5. The van der Waals surface area contributed by atoms with Gasteiger partial charge >= 0.3 is 0 Å². The van der Waals surface area contributed by atoms with Gasteiger partial charge in [0.1, 0.15) is 0 Å². The Morgan fingerprint density at radius 3 is 2.60 bits per heavy atom. The minimum atomic E-state index is 0.0673. The lowest BCUT2D eigenvalue weighted by atomic mass is 9.84. The summed E-state index contributed by atoms with van der Waals surface area (Å²) in [5.41, 5.74) is 4.18. The van der Waals surface area contributed by atoms with Crippen LogP contribution in [0.25, 0.3) is 0 Å². The van der Waals surface area contributed by atoms with E-state index in [2.05, 4.69) is 36.9 Å². The second kappa shape index (κ2) is 5.47. The van der Waals surface area contributed by atoms with Crippen molar-refractivity contribution in [2.75, 3.05) is 26.8 Å². The fourth-order valence-corrected chi connectivity index (χ4v) is 3.70. The summed E-state index contributed by atoms with van der Waals surface area (Å²) in [6, 6.07) is 6.81. The molecule has 110 valence electrons. The summed E-state index contributed by atoms with van der Waals surface area (Å²) in [4.78, 5) is 2.48. The molecule has 0 radical (unpaired) electrons. The Kier molecular flexibility index (Phi) is 3.85. The van der Waals surface area contributed by atoms with E-state index in [9.17, 15) is 0 Å². The third-order valence-electron chi connectivity index (χ3n) is 4.49. The van der Waals surface area contributed by atoms with E-state index in [1.807, 2.05) is 7.11 Å². The maximum Gasteiger partial charge on any atom is 0.0959 e. The number of nitrogens with zero attached hydrogens (tertiary/aromatic N) is 1. The molecule has 2 aliphatic rings. The summed E-state index contributed by atoms with van der Waals surface area (Å²) in [6.45, 7) is 8.30. The van der Waals surface area contributed by atoms with Crippen molar-refractivity contribution in [3.63, 3.8) is 0 Å². The van der Waals surface area contributed by atoms with Crippen LogP contribution in [-0.4, -0.2) is 43.4 Å². The van der Waals surface area contributed by atoms with Gasteiger partial charge in [-0.05, 0) is 25.8 Å². The van der Waals surface area contributed by atoms with Crippen molar-refractivity contribution >= 4 is 0 Å². The molecule has 2 fully saturated rings. The maximum atomic E-state index is 6.03. The van der Waals surface area contributed by atoms with Crippen molar-refractivity contribution in [3.8, 4) is 0 Å². The Balaban J connectivity index is 1.57. The average molecular weight is 275 g/mol. The van der Waals surface area contributed by atoms with Gasteiger partial charge in [0.05, 0.1) is 11.7 Å². The first kappa shape index (κ1) is 14.1. The van der Waals surface area contributed by atoms with Crippen molar-refractivity contribution in [1.29, 1.82) is 0 Å². The number of hydrogen-bond donors (Lipinski definition) is 0. The molecule has 1 spiro atoms. The zero-order valence-electron chi connectivity index (χ0n) is 12.8. The topological polar surface area (TPSA) is 21.7 Å². The van der Waals surface area contributed by atoms with Crippen molar-refractivity contribution in [1.82, 2.24) is 4.90 Å². The summed E-state index contributed by atoms with van der Waals surface area (Å²) >= 11 is 0. The highest BCUT2D eigenvalue weighted by Gasteiger charge is 2.47. The van der Waals surface area contributed by atoms with E-state index in [1.165, 1.54) is 16.7 Å². The highest BCUT2D eigenvalue weighted by Crippen LogP contribution is 2.35. The zero-order chi connectivity index (χ0) is 14.2. The van der Waals surface area contributed by atoms with E-state index in [0.29, 0.717) is 6.10 Å². The predicted molar refractivity (Wildman–Crippen MR) is 79.9 cm³/mol. The molecule has 1 aromatic carbocycles. The lowest BCUT2D eigenvalue weighted by Gasteiger charge is -2.53. The van der Waals surface area contributed by atoms with Gasteiger partial charge in [-0.2, -0.15) is 0 Å². The number of benzene rings is 1. The molecule has 1 aromatic rings. The molecule has 2 saturated heterocycles. The van der Waals surface area contributed by atoms with Crippen LogP contribution in [0, 0.1) is 13.8 Å². The van der Waals surface area contributed by atoms with Crippen LogP contribution >= 0.6 is 0 Å². The van der Waals surface area contributed by atoms with E-state index in [4.69, 9.17) is 9.47 Å². The van der Waals surface area contributed by atoms with Gasteiger partial charge in [0.2, 0.25) is 0 Å². The molecular weight excluding hydrogens is 250 g/mol. The van der Waals surface area contributed by atoms with Gasteiger partial charge in [0.25, 0.3) is 0 Å². The number of methoxy groups -OCH3 is 1. The van der Waals surface area contributed by atoms with Crippen molar-refractivity contribution in [2.24, 2.45) is 0 Å². The van der Waals surface area contributed by atoms with Gasteiger partial charge < -0.3 is 9.47 Å². The summed E-state index contributed by atoms with van der Waals surface area (Å²) in [5.74, 6) is 0. The monoisotopic (exact) mass is 275 g/mol. The lowest BCUT2D eigenvalue weighted by Crippen LogP contribution is -2.65. The van der Waals surface area contributed by atoms with E-state index in [0.717, 1.165) is 39.1 Å². The van der Waals surface area contributed by atoms with Crippen LogP contribution in [0.2, 0.25) is 0 Å². The zero-order valence-corrected chi connectivity index (χ0v) is 12.8. The van der Waals surface area contributed by atoms with E-state index in [1.54, 1.807) is 0 Å². The van der Waals surface area contributed by atoms with Gasteiger partial charge in [-0.25, -0.2) is 0 Å². The van der Waals surface area contributed by atoms with Crippen molar-refractivity contribution in [3.05, 3.63) is 34.9 Å². The molecule has 0 N–H and O–H groups in total. The number of likely N-dealkylation sites (tertiary alicyclic amines) is 1. The molecule has 0 aliphatic carbocycles. The molecule has 0 bridgehead atoms. The first-order valence-corrected chi connectivity index (χ1v) is 7.55. The Morgan fingerprint density at radius 2 is 1.95 bits per heavy atom. The molecule has 20 heavy (non-hydrogen) atoms. The van der Waals surface area contributed by atoms with Gasteiger partial charge in [0.15, 0.2) is 0 Å². The third kappa shape index (κ3) is 2.90. The molecule has 0 saturated carbocycles. The van der Waals surface area contributed by atoms with E-state index >= 15 is 0 Å². The van der Waals surface area contributed by atoms with Gasteiger partial charge in [-0.15, -0.1) is 0 Å². The molecule has 2 heterocycles. The number of ether oxygens (including phenoxy) is 2. The fraction of sp³-hybridized carbons (Fsp3) is 0.647. The van der Waals surface area contributed by atoms with Crippen LogP contribution in [-0.2, 0) is 16.0 Å². The van der Waals surface area contributed by atoms with Crippen LogP contribution in [0.15, 0.2) is 18.2 Å². The minimum absolute atomic E-state index is 0.0673. The van der Waals surface area contributed by atoms with Crippen molar-refractivity contribution < 1.29 is 9.47 Å². The maximum absolute atomic E-state index is 6.03. The first-order chi connectivity index (χ1) is 9.58. The molecule has 2 aliphatic heterocycles.